The Morgan fingerprint density at radius 2 is 2.00 bits per heavy atom. The highest BCUT2D eigenvalue weighted by atomic mass is 16.5. The van der Waals surface area contributed by atoms with Crippen LogP contribution in [0.2, 0.25) is 0 Å². The summed E-state index contributed by atoms with van der Waals surface area (Å²) in [6, 6.07) is 0.509. The third-order valence-electron chi connectivity index (χ3n) is 2.62. The number of amides is 1. The minimum Gasteiger partial charge on any atom is -0.368 e. The number of nitrogens with two attached hydrogens (primary N) is 1. The average molecular weight is 214 g/mol. The van der Waals surface area contributed by atoms with Crippen LogP contribution in [0.1, 0.15) is 39.5 Å². The van der Waals surface area contributed by atoms with Gasteiger partial charge in [0.15, 0.2) is 0 Å². The molecule has 0 spiro atoms. The zero-order chi connectivity index (χ0) is 11.3. The van der Waals surface area contributed by atoms with Gasteiger partial charge in [-0.1, -0.05) is 0 Å². The van der Waals surface area contributed by atoms with Crippen LogP contribution in [0.15, 0.2) is 0 Å². The van der Waals surface area contributed by atoms with Crippen molar-refractivity contribution in [3.63, 3.8) is 0 Å². The third-order valence-corrected chi connectivity index (χ3v) is 2.62. The van der Waals surface area contributed by atoms with Gasteiger partial charge in [0, 0.05) is 12.1 Å². The molecule has 0 radical (unpaired) electrons. The summed E-state index contributed by atoms with van der Waals surface area (Å²) in [5.74, 6) is -0.0279. The van der Waals surface area contributed by atoms with Gasteiger partial charge in [0.25, 0.3) is 0 Å². The van der Waals surface area contributed by atoms with Crippen LogP contribution in [0.25, 0.3) is 0 Å². The molecule has 1 amide bonds. The minimum absolute atomic E-state index is 0.0279. The van der Waals surface area contributed by atoms with E-state index in [1.807, 2.05) is 13.8 Å². The van der Waals surface area contributed by atoms with E-state index in [4.69, 9.17) is 10.5 Å². The molecule has 0 aromatic heterocycles. The van der Waals surface area contributed by atoms with Crippen molar-refractivity contribution in [2.24, 2.45) is 5.73 Å². The van der Waals surface area contributed by atoms with E-state index in [9.17, 15) is 4.79 Å². The fourth-order valence-electron chi connectivity index (χ4n) is 1.81. The van der Waals surface area contributed by atoms with Crippen LogP contribution >= 0.6 is 0 Å². The minimum atomic E-state index is -0.0279. The summed E-state index contributed by atoms with van der Waals surface area (Å²) in [5, 5.41) is 2.80. The number of hydrogen-bond donors (Lipinski definition) is 2. The van der Waals surface area contributed by atoms with Gasteiger partial charge in [-0.2, -0.15) is 0 Å². The summed E-state index contributed by atoms with van der Waals surface area (Å²) < 4.78 is 5.53. The molecule has 0 saturated heterocycles. The zero-order valence-corrected chi connectivity index (χ0v) is 9.66. The number of carbonyl (C=O) groups excluding carboxylic acids is 1. The van der Waals surface area contributed by atoms with E-state index in [-0.39, 0.29) is 24.7 Å². The van der Waals surface area contributed by atoms with E-state index >= 15 is 0 Å². The Morgan fingerprint density at radius 1 is 1.40 bits per heavy atom. The number of hydrogen-bond acceptors (Lipinski definition) is 3. The van der Waals surface area contributed by atoms with Crippen molar-refractivity contribution in [1.29, 1.82) is 0 Å². The molecule has 4 nitrogen and oxygen atoms in total. The van der Waals surface area contributed by atoms with Gasteiger partial charge in [-0.3, -0.25) is 4.79 Å². The van der Waals surface area contributed by atoms with Gasteiger partial charge >= 0.3 is 0 Å². The van der Waals surface area contributed by atoms with Crippen LogP contribution in [0.3, 0.4) is 0 Å². The van der Waals surface area contributed by atoms with Crippen LogP contribution in [0, 0.1) is 0 Å². The fourth-order valence-corrected chi connectivity index (χ4v) is 1.81. The lowest BCUT2D eigenvalue weighted by molar-refractivity contribution is -0.128. The van der Waals surface area contributed by atoms with Crippen molar-refractivity contribution < 1.29 is 9.53 Å². The first-order valence-corrected chi connectivity index (χ1v) is 5.74. The standard InChI is InChI=1S/C11H22N2O2/c1-8(2)13-11(14)7-15-10-5-3-9(12)4-6-10/h8-10H,3-7,12H2,1-2H3,(H,13,14). The molecule has 88 valence electrons. The van der Waals surface area contributed by atoms with Crippen LogP contribution in [-0.2, 0) is 9.53 Å². The average Bonchev–Trinajstić information content (AvgIpc) is 2.16. The van der Waals surface area contributed by atoms with Gasteiger partial charge in [0.2, 0.25) is 5.91 Å². The van der Waals surface area contributed by atoms with Gasteiger partial charge in [-0.05, 0) is 39.5 Å². The summed E-state index contributed by atoms with van der Waals surface area (Å²) in [4.78, 5) is 11.3. The molecular weight excluding hydrogens is 192 g/mol. The highest BCUT2D eigenvalue weighted by Gasteiger charge is 2.19. The van der Waals surface area contributed by atoms with Gasteiger partial charge < -0.3 is 15.8 Å². The second kappa shape index (κ2) is 6.08. The smallest absolute Gasteiger partial charge is 0.246 e. The lowest BCUT2D eigenvalue weighted by Crippen LogP contribution is -2.36. The van der Waals surface area contributed by atoms with E-state index in [2.05, 4.69) is 5.32 Å². The molecule has 1 rings (SSSR count). The molecule has 0 aromatic rings. The molecule has 0 unspecified atom stereocenters. The van der Waals surface area contributed by atoms with Gasteiger partial charge in [-0.15, -0.1) is 0 Å². The lowest BCUT2D eigenvalue weighted by atomic mass is 9.94. The van der Waals surface area contributed by atoms with Crippen LogP contribution in [-0.4, -0.2) is 30.7 Å². The van der Waals surface area contributed by atoms with E-state index in [0.717, 1.165) is 25.7 Å². The third kappa shape index (κ3) is 5.14. The Hall–Kier alpha value is -0.610. The number of nitrogens with one attached hydrogen (secondary N) is 1. The van der Waals surface area contributed by atoms with E-state index in [1.165, 1.54) is 0 Å². The number of ether oxygens (including phenoxy) is 1. The molecule has 0 atom stereocenters. The Labute approximate surface area is 91.5 Å². The monoisotopic (exact) mass is 214 g/mol. The Kier molecular flexibility index (Phi) is 5.05. The number of carbonyl (C=O) groups is 1. The number of rotatable bonds is 4. The van der Waals surface area contributed by atoms with Crippen molar-refractivity contribution in [3.8, 4) is 0 Å². The zero-order valence-electron chi connectivity index (χ0n) is 9.66. The Balaban J connectivity index is 2.12. The van der Waals surface area contributed by atoms with Gasteiger partial charge in [0.1, 0.15) is 6.61 Å². The van der Waals surface area contributed by atoms with E-state index < -0.39 is 0 Å². The summed E-state index contributed by atoms with van der Waals surface area (Å²) >= 11 is 0. The van der Waals surface area contributed by atoms with Crippen molar-refractivity contribution in [1.82, 2.24) is 5.32 Å². The molecule has 1 aliphatic carbocycles. The SMILES string of the molecule is CC(C)NC(=O)COC1CCC(N)CC1. The summed E-state index contributed by atoms with van der Waals surface area (Å²) in [6.45, 7) is 4.06. The van der Waals surface area contributed by atoms with Crippen molar-refractivity contribution in [3.05, 3.63) is 0 Å². The molecule has 1 aliphatic rings. The van der Waals surface area contributed by atoms with E-state index in [1.54, 1.807) is 0 Å². The molecule has 4 heteroatoms. The molecule has 0 aliphatic heterocycles. The maximum Gasteiger partial charge on any atom is 0.246 e. The van der Waals surface area contributed by atoms with Crippen molar-refractivity contribution >= 4 is 5.91 Å². The quantitative estimate of drug-likeness (QED) is 0.727. The van der Waals surface area contributed by atoms with Crippen LogP contribution < -0.4 is 11.1 Å². The maximum absolute atomic E-state index is 11.3. The molecule has 0 bridgehead atoms. The van der Waals surface area contributed by atoms with Crippen LogP contribution in [0.4, 0.5) is 0 Å². The molecule has 0 heterocycles. The van der Waals surface area contributed by atoms with Gasteiger partial charge in [0.05, 0.1) is 6.10 Å². The van der Waals surface area contributed by atoms with Crippen molar-refractivity contribution in [2.75, 3.05) is 6.61 Å². The first-order valence-electron chi connectivity index (χ1n) is 5.74. The predicted molar refractivity (Wildman–Crippen MR) is 59.5 cm³/mol. The predicted octanol–water partition coefficient (Wildman–Crippen LogP) is 0.797. The lowest BCUT2D eigenvalue weighted by Gasteiger charge is -2.26. The molecule has 1 saturated carbocycles. The summed E-state index contributed by atoms with van der Waals surface area (Å²) in [7, 11) is 0. The second-order valence-electron chi connectivity index (χ2n) is 4.57. The van der Waals surface area contributed by atoms with Crippen molar-refractivity contribution in [2.45, 2.75) is 57.7 Å². The van der Waals surface area contributed by atoms with Crippen LogP contribution in [0.5, 0.6) is 0 Å². The largest absolute Gasteiger partial charge is 0.368 e. The van der Waals surface area contributed by atoms with Gasteiger partial charge in [-0.25, -0.2) is 0 Å². The molecule has 15 heavy (non-hydrogen) atoms. The first kappa shape index (κ1) is 12.5. The topological polar surface area (TPSA) is 64.3 Å². The highest BCUT2D eigenvalue weighted by molar-refractivity contribution is 5.77. The first-order chi connectivity index (χ1) is 7.08. The Morgan fingerprint density at radius 3 is 2.53 bits per heavy atom. The molecule has 1 fully saturated rings. The summed E-state index contributed by atoms with van der Waals surface area (Å²) in [6.07, 6.45) is 4.21. The normalized spacial score (nSPS) is 26.7. The fraction of sp³-hybridized carbons (Fsp3) is 0.909. The molecular formula is C11H22N2O2. The maximum atomic E-state index is 11.3. The molecule has 0 aromatic carbocycles. The van der Waals surface area contributed by atoms with E-state index in [0.29, 0.717) is 6.04 Å². The molecule has 3 N–H and O–H groups in total. The summed E-state index contributed by atoms with van der Waals surface area (Å²) in [5.41, 5.74) is 5.78. The second-order valence-corrected chi connectivity index (χ2v) is 4.57. The Bertz CT molecular complexity index is 199. The highest BCUT2D eigenvalue weighted by Crippen LogP contribution is 2.19.